The number of hydrogen-bond acceptors (Lipinski definition) is 2. The van der Waals surface area contributed by atoms with E-state index in [2.05, 4.69) is 32.6 Å². The third-order valence-corrected chi connectivity index (χ3v) is 3.53. The standard InChI is InChI=1S/C15H14F2INO/c1-10(11-5-7-12(18)8-6-11)19-13-3-2-4-14(9-13)20-15(16)17/h2-10,15,19H,1H3. The zero-order valence-corrected chi connectivity index (χ0v) is 13.0. The molecule has 0 radical (unpaired) electrons. The lowest BCUT2D eigenvalue weighted by atomic mass is 10.1. The van der Waals surface area contributed by atoms with Crippen molar-refractivity contribution in [3.05, 3.63) is 57.7 Å². The van der Waals surface area contributed by atoms with Gasteiger partial charge < -0.3 is 10.1 Å². The Hall–Kier alpha value is -1.37. The quantitative estimate of drug-likeness (QED) is 0.722. The van der Waals surface area contributed by atoms with E-state index in [0.717, 1.165) is 11.3 Å². The van der Waals surface area contributed by atoms with E-state index in [1.165, 1.54) is 9.64 Å². The fraction of sp³-hybridized carbons (Fsp3) is 0.200. The molecule has 2 nitrogen and oxygen atoms in total. The predicted molar refractivity (Wildman–Crippen MR) is 84.3 cm³/mol. The third-order valence-electron chi connectivity index (χ3n) is 2.81. The van der Waals surface area contributed by atoms with Crippen LogP contribution in [0.1, 0.15) is 18.5 Å². The minimum absolute atomic E-state index is 0.0776. The Bertz CT molecular complexity index is 560. The molecule has 1 unspecified atom stereocenters. The maximum absolute atomic E-state index is 12.2. The van der Waals surface area contributed by atoms with Gasteiger partial charge in [-0.15, -0.1) is 0 Å². The number of alkyl halides is 2. The van der Waals surface area contributed by atoms with Crippen molar-refractivity contribution in [3.63, 3.8) is 0 Å². The van der Waals surface area contributed by atoms with Gasteiger partial charge in [-0.3, -0.25) is 0 Å². The number of halogens is 3. The van der Waals surface area contributed by atoms with E-state index in [1.807, 2.05) is 37.3 Å². The summed E-state index contributed by atoms with van der Waals surface area (Å²) >= 11 is 2.25. The minimum atomic E-state index is -2.81. The first-order valence-corrected chi connectivity index (χ1v) is 7.19. The van der Waals surface area contributed by atoms with Gasteiger partial charge in [-0.05, 0) is 59.3 Å². The van der Waals surface area contributed by atoms with Crippen molar-refractivity contribution in [2.75, 3.05) is 5.32 Å². The van der Waals surface area contributed by atoms with Crippen LogP contribution in [0.5, 0.6) is 5.75 Å². The molecule has 5 heteroatoms. The van der Waals surface area contributed by atoms with Gasteiger partial charge >= 0.3 is 6.61 Å². The molecule has 0 amide bonds. The molecule has 1 N–H and O–H groups in total. The normalized spacial score (nSPS) is 12.2. The predicted octanol–water partition coefficient (Wildman–Crippen LogP) is 5.07. The Balaban J connectivity index is 2.07. The second kappa shape index (κ2) is 6.88. The lowest BCUT2D eigenvalue weighted by Crippen LogP contribution is -2.07. The highest BCUT2D eigenvalue weighted by atomic mass is 127. The molecule has 2 aromatic rings. The number of benzene rings is 2. The summed E-state index contributed by atoms with van der Waals surface area (Å²) in [7, 11) is 0. The van der Waals surface area contributed by atoms with Gasteiger partial charge in [-0.2, -0.15) is 8.78 Å². The van der Waals surface area contributed by atoms with Crippen LogP contribution in [0.25, 0.3) is 0 Å². The van der Waals surface area contributed by atoms with E-state index in [4.69, 9.17) is 0 Å². The topological polar surface area (TPSA) is 21.3 Å². The summed E-state index contributed by atoms with van der Waals surface area (Å²) in [6.07, 6.45) is 0. The average molecular weight is 389 g/mol. The number of nitrogens with one attached hydrogen (secondary N) is 1. The van der Waals surface area contributed by atoms with Crippen molar-refractivity contribution in [3.8, 4) is 5.75 Å². The van der Waals surface area contributed by atoms with Crippen molar-refractivity contribution < 1.29 is 13.5 Å². The molecule has 0 spiro atoms. The molecule has 0 aliphatic rings. The first-order valence-electron chi connectivity index (χ1n) is 6.11. The highest BCUT2D eigenvalue weighted by Crippen LogP contribution is 2.24. The fourth-order valence-corrected chi connectivity index (χ4v) is 2.21. The number of ether oxygens (including phenoxy) is 1. The molecule has 0 heterocycles. The molecular formula is C15H14F2INO. The van der Waals surface area contributed by atoms with Crippen LogP contribution >= 0.6 is 22.6 Å². The number of hydrogen-bond donors (Lipinski definition) is 1. The molecule has 0 aromatic heterocycles. The molecular weight excluding hydrogens is 375 g/mol. The number of anilines is 1. The molecule has 2 rings (SSSR count). The zero-order chi connectivity index (χ0) is 14.5. The third kappa shape index (κ3) is 4.33. The van der Waals surface area contributed by atoms with E-state index in [1.54, 1.807) is 12.1 Å². The first-order chi connectivity index (χ1) is 9.54. The van der Waals surface area contributed by atoms with Gasteiger partial charge in [0.1, 0.15) is 5.75 Å². The van der Waals surface area contributed by atoms with Gasteiger partial charge in [0.15, 0.2) is 0 Å². The zero-order valence-electron chi connectivity index (χ0n) is 10.8. The molecule has 106 valence electrons. The Kier molecular flexibility index (Phi) is 5.17. The summed E-state index contributed by atoms with van der Waals surface area (Å²) in [4.78, 5) is 0. The molecule has 0 aliphatic carbocycles. The van der Waals surface area contributed by atoms with E-state index in [9.17, 15) is 8.78 Å². The summed E-state index contributed by atoms with van der Waals surface area (Å²) in [5, 5.41) is 3.26. The summed E-state index contributed by atoms with van der Waals surface area (Å²) in [5.41, 5.74) is 1.87. The Morgan fingerprint density at radius 2 is 1.80 bits per heavy atom. The lowest BCUT2D eigenvalue weighted by Gasteiger charge is -2.16. The van der Waals surface area contributed by atoms with Crippen molar-refractivity contribution in [2.45, 2.75) is 19.6 Å². The molecule has 0 saturated heterocycles. The maximum atomic E-state index is 12.2. The van der Waals surface area contributed by atoms with Crippen LogP contribution in [0.15, 0.2) is 48.5 Å². The SMILES string of the molecule is CC(Nc1cccc(OC(F)F)c1)c1ccc(I)cc1. The maximum Gasteiger partial charge on any atom is 0.387 e. The largest absolute Gasteiger partial charge is 0.435 e. The van der Waals surface area contributed by atoms with Crippen LogP contribution in [-0.4, -0.2) is 6.61 Å². The van der Waals surface area contributed by atoms with Crippen LogP contribution in [-0.2, 0) is 0 Å². The van der Waals surface area contributed by atoms with Crippen LogP contribution in [0.2, 0.25) is 0 Å². The Morgan fingerprint density at radius 1 is 1.10 bits per heavy atom. The summed E-state index contributed by atoms with van der Waals surface area (Å²) in [5.74, 6) is 0.153. The monoisotopic (exact) mass is 389 g/mol. The van der Waals surface area contributed by atoms with Crippen LogP contribution < -0.4 is 10.1 Å². The van der Waals surface area contributed by atoms with Gasteiger partial charge in [0, 0.05) is 21.4 Å². The highest BCUT2D eigenvalue weighted by Gasteiger charge is 2.08. The van der Waals surface area contributed by atoms with Gasteiger partial charge in [0.2, 0.25) is 0 Å². The van der Waals surface area contributed by atoms with Gasteiger partial charge in [0.05, 0.1) is 0 Å². The van der Waals surface area contributed by atoms with Crippen LogP contribution in [0.4, 0.5) is 14.5 Å². The molecule has 0 aliphatic heterocycles. The van der Waals surface area contributed by atoms with Crippen LogP contribution in [0.3, 0.4) is 0 Å². The van der Waals surface area contributed by atoms with E-state index >= 15 is 0 Å². The lowest BCUT2D eigenvalue weighted by molar-refractivity contribution is -0.0498. The molecule has 1 atom stereocenters. The van der Waals surface area contributed by atoms with Crippen molar-refractivity contribution in [1.29, 1.82) is 0 Å². The fourth-order valence-electron chi connectivity index (χ4n) is 1.85. The van der Waals surface area contributed by atoms with Gasteiger partial charge in [-0.1, -0.05) is 18.2 Å². The second-order valence-electron chi connectivity index (χ2n) is 4.32. The van der Waals surface area contributed by atoms with Crippen molar-refractivity contribution in [1.82, 2.24) is 0 Å². The van der Waals surface area contributed by atoms with Gasteiger partial charge in [0.25, 0.3) is 0 Å². The summed E-state index contributed by atoms with van der Waals surface area (Å²) in [6.45, 7) is -0.790. The van der Waals surface area contributed by atoms with E-state index in [0.29, 0.717) is 0 Å². The molecule has 20 heavy (non-hydrogen) atoms. The van der Waals surface area contributed by atoms with Gasteiger partial charge in [-0.25, -0.2) is 0 Å². The average Bonchev–Trinajstić information content (AvgIpc) is 2.39. The molecule has 2 aromatic carbocycles. The molecule has 0 bridgehead atoms. The summed E-state index contributed by atoms with van der Waals surface area (Å²) < 4.78 is 29.9. The van der Waals surface area contributed by atoms with E-state index < -0.39 is 6.61 Å². The van der Waals surface area contributed by atoms with E-state index in [-0.39, 0.29) is 11.8 Å². The number of rotatable bonds is 5. The van der Waals surface area contributed by atoms with Crippen molar-refractivity contribution >= 4 is 28.3 Å². The van der Waals surface area contributed by atoms with Crippen LogP contribution in [0, 0.1) is 3.57 Å². The highest BCUT2D eigenvalue weighted by molar-refractivity contribution is 14.1. The second-order valence-corrected chi connectivity index (χ2v) is 5.57. The Morgan fingerprint density at radius 3 is 2.45 bits per heavy atom. The smallest absolute Gasteiger partial charge is 0.387 e. The minimum Gasteiger partial charge on any atom is -0.435 e. The Labute approximate surface area is 130 Å². The molecule has 0 saturated carbocycles. The van der Waals surface area contributed by atoms with Crippen molar-refractivity contribution in [2.24, 2.45) is 0 Å². The first kappa shape index (κ1) is 15.0. The summed E-state index contributed by atoms with van der Waals surface area (Å²) in [6, 6.07) is 14.8. The molecule has 0 fully saturated rings.